The van der Waals surface area contributed by atoms with Gasteiger partial charge in [0.15, 0.2) is 0 Å². The van der Waals surface area contributed by atoms with Crippen molar-refractivity contribution in [3.05, 3.63) is 65.2 Å². The van der Waals surface area contributed by atoms with Crippen LogP contribution in [0, 0.1) is 6.92 Å². The minimum Gasteiger partial charge on any atom is -0.496 e. The van der Waals surface area contributed by atoms with Crippen molar-refractivity contribution in [2.45, 2.75) is 25.8 Å². The van der Waals surface area contributed by atoms with Crippen molar-refractivity contribution >= 4 is 11.8 Å². The molecular weight excluding hydrogens is 366 g/mol. The summed E-state index contributed by atoms with van der Waals surface area (Å²) in [4.78, 5) is 27.0. The molecule has 3 rings (SSSR count). The van der Waals surface area contributed by atoms with E-state index in [0.29, 0.717) is 12.1 Å². The van der Waals surface area contributed by atoms with Crippen LogP contribution in [0.15, 0.2) is 48.5 Å². The van der Waals surface area contributed by atoms with E-state index in [-0.39, 0.29) is 24.4 Å². The van der Waals surface area contributed by atoms with E-state index in [9.17, 15) is 9.59 Å². The van der Waals surface area contributed by atoms with Crippen LogP contribution in [0.2, 0.25) is 0 Å². The molecule has 1 aliphatic rings. The number of nitrogens with zero attached hydrogens (tertiary/aromatic N) is 1. The van der Waals surface area contributed by atoms with E-state index in [4.69, 9.17) is 4.74 Å². The fourth-order valence-corrected chi connectivity index (χ4v) is 3.75. The van der Waals surface area contributed by atoms with Crippen molar-refractivity contribution in [3.63, 3.8) is 0 Å². The summed E-state index contributed by atoms with van der Waals surface area (Å²) in [6, 6.07) is 15.3. The molecule has 0 spiro atoms. The van der Waals surface area contributed by atoms with Gasteiger partial charge in [0.2, 0.25) is 5.91 Å². The lowest BCUT2D eigenvalue weighted by atomic mass is 10.0. The normalized spacial score (nSPS) is 15.0. The molecule has 1 heterocycles. The number of benzene rings is 2. The Morgan fingerprint density at radius 2 is 1.83 bits per heavy atom. The molecule has 29 heavy (non-hydrogen) atoms. The minimum absolute atomic E-state index is 0.0464. The molecule has 0 aliphatic carbocycles. The number of ether oxygens (including phenoxy) is 1. The number of hydrogen-bond donors (Lipinski definition) is 2. The van der Waals surface area contributed by atoms with Gasteiger partial charge < -0.3 is 15.4 Å². The maximum absolute atomic E-state index is 12.4. The molecule has 0 radical (unpaired) electrons. The largest absolute Gasteiger partial charge is 0.496 e. The molecular formula is C23H29N3O3. The second-order valence-electron chi connectivity index (χ2n) is 7.36. The molecule has 2 N–H and O–H groups in total. The summed E-state index contributed by atoms with van der Waals surface area (Å²) in [5.74, 6) is 0.376. The van der Waals surface area contributed by atoms with Crippen LogP contribution in [-0.4, -0.2) is 50.0 Å². The van der Waals surface area contributed by atoms with Gasteiger partial charge in [-0.15, -0.1) is 0 Å². The van der Waals surface area contributed by atoms with E-state index < -0.39 is 0 Å². The van der Waals surface area contributed by atoms with Gasteiger partial charge in [0, 0.05) is 17.7 Å². The fourth-order valence-electron chi connectivity index (χ4n) is 3.75. The summed E-state index contributed by atoms with van der Waals surface area (Å²) < 4.78 is 5.53. The first-order valence-corrected chi connectivity index (χ1v) is 10.1. The molecule has 0 aromatic heterocycles. The Balaban J connectivity index is 1.59. The van der Waals surface area contributed by atoms with Gasteiger partial charge in [-0.05, 0) is 51.1 Å². The van der Waals surface area contributed by atoms with E-state index >= 15 is 0 Å². The molecule has 0 saturated carbocycles. The molecule has 6 heteroatoms. The lowest BCUT2D eigenvalue weighted by Crippen LogP contribution is -2.41. The molecule has 2 aromatic rings. The van der Waals surface area contributed by atoms with E-state index in [1.165, 1.54) is 0 Å². The van der Waals surface area contributed by atoms with Crippen LogP contribution < -0.4 is 15.4 Å². The molecule has 1 atom stereocenters. The van der Waals surface area contributed by atoms with Gasteiger partial charge in [0.25, 0.3) is 5.91 Å². The van der Waals surface area contributed by atoms with Crippen LogP contribution in [-0.2, 0) is 4.79 Å². The average Bonchev–Trinajstić information content (AvgIpc) is 3.27. The van der Waals surface area contributed by atoms with E-state index in [2.05, 4.69) is 15.5 Å². The zero-order valence-electron chi connectivity index (χ0n) is 17.1. The topological polar surface area (TPSA) is 70.7 Å². The molecule has 1 aliphatic heterocycles. The number of carbonyl (C=O) groups excluding carboxylic acids is 2. The lowest BCUT2D eigenvalue weighted by molar-refractivity contribution is -0.120. The molecule has 2 aromatic carbocycles. The molecule has 2 amide bonds. The Bertz CT molecular complexity index is 847. The minimum atomic E-state index is -0.246. The number of amides is 2. The molecule has 1 unspecified atom stereocenters. The zero-order chi connectivity index (χ0) is 20.6. The highest BCUT2D eigenvalue weighted by Crippen LogP contribution is 2.31. The number of nitrogens with one attached hydrogen (secondary N) is 2. The Hall–Kier alpha value is -2.86. The molecule has 1 saturated heterocycles. The van der Waals surface area contributed by atoms with Gasteiger partial charge in [0.05, 0.1) is 19.7 Å². The maximum Gasteiger partial charge on any atom is 0.251 e. The lowest BCUT2D eigenvalue weighted by Gasteiger charge is -2.29. The summed E-state index contributed by atoms with van der Waals surface area (Å²) in [5.41, 5.74) is 2.63. The highest BCUT2D eigenvalue weighted by Gasteiger charge is 2.26. The Labute approximate surface area is 172 Å². The third-order valence-corrected chi connectivity index (χ3v) is 5.26. The first-order chi connectivity index (χ1) is 14.1. The van der Waals surface area contributed by atoms with Crippen LogP contribution in [0.4, 0.5) is 0 Å². The van der Waals surface area contributed by atoms with Gasteiger partial charge in [-0.2, -0.15) is 0 Å². The summed E-state index contributed by atoms with van der Waals surface area (Å²) in [6.45, 7) is 4.36. The zero-order valence-corrected chi connectivity index (χ0v) is 17.1. The van der Waals surface area contributed by atoms with Crippen LogP contribution in [0.5, 0.6) is 5.75 Å². The number of rotatable bonds is 8. The highest BCUT2D eigenvalue weighted by molar-refractivity contribution is 5.96. The van der Waals surface area contributed by atoms with Gasteiger partial charge in [-0.3, -0.25) is 14.5 Å². The van der Waals surface area contributed by atoms with Gasteiger partial charge >= 0.3 is 0 Å². The molecule has 1 fully saturated rings. The first-order valence-electron chi connectivity index (χ1n) is 10.1. The quantitative estimate of drug-likeness (QED) is 0.721. The predicted octanol–water partition coefficient (Wildman–Crippen LogP) is 2.69. The van der Waals surface area contributed by atoms with Crippen molar-refractivity contribution in [2.75, 3.05) is 33.3 Å². The Morgan fingerprint density at radius 1 is 1.07 bits per heavy atom. The fraction of sp³-hybridized carbons (Fsp3) is 0.391. The number of likely N-dealkylation sites (tertiary alicyclic amines) is 1. The summed E-state index contributed by atoms with van der Waals surface area (Å²) >= 11 is 0. The van der Waals surface area contributed by atoms with Gasteiger partial charge in [-0.1, -0.05) is 35.9 Å². The average molecular weight is 396 g/mol. The second-order valence-corrected chi connectivity index (χ2v) is 7.36. The highest BCUT2D eigenvalue weighted by atomic mass is 16.5. The Morgan fingerprint density at radius 3 is 2.55 bits per heavy atom. The summed E-state index contributed by atoms with van der Waals surface area (Å²) in [5, 5.41) is 5.67. The van der Waals surface area contributed by atoms with Crippen molar-refractivity contribution in [3.8, 4) is 5.75 Å². The van der Waals surface area contributed by atoms with Crippen molar-refractivity contribution in [1.29, 1.82) is 0 Å². The van der Waals surface area contributed by atoms with Crippen LogP contribution in [0.3, 0.4) is 0 Å². The number of hydrogen-bond acceptors (Lipinski definition) is 4. The first kappa shape index (κ1) is 20.9. The van der Waals surface area contributed by atoms with Crippen LogP contribution in [0.25, 0.3) is 0 Å². The third-order valence-electron chi connectivity index (χ3n) is 5.26. The summed E-state index contributed by atoms with van der Waals surface area (Å²) in [7, 11) is 1.67. The molecule has 0 bridgehead atoms. The number of para-hydroxylation sites is 1. The van der Waals surface area contributed by atoms with Crippen molar-refractivity contribution in [1.82, 2.24) is 15.5 Å². The molecule has 6 nitrogen and oxygen atoms in total. The van der Waals surface area contributed by atoms with Gasteiger partial charge in [0.1, 0.15) is 5.75 Å². The number of carbonyl (C=O) groups is 2. The Kier molecular flexibility index (Phi) is 7.25. The predicted molar refractivity (Wildman–Crippen MR) is 113 cm³/mol. The van der Waals surface area contributed by atoms with E-state index in [1.807, 2.05) is 43.3 Å². The van der Waals surface area contributed by atoms with Crippen LogP contribution in [0.1, 0.15) is 40.4 Å². The van der Waals surface area contributed by atoms with E-state index in [0.717, 1.165) is 42.8 Å². The monoisotopic (exact) mass is 395 g/mol. The van der Waals surface area contributed by atoms with Gasteiger partial charge in [-0.25, -0.2) is 0 Å². The smallest absolute Gasteiger partial charge is 0.251 e. The van der Waals surface area contributed by atoms with E-state index in [1.54, 1.807) is 19.2 Å². The molecule has 154 valence electrons. The number of methoxy groups -OCH3 is 1. The SMILES string of the molecule is COc1ccccc1C(CNC(=O)CNC(=O)c1cccc(C)c1)N1CCCC1. The van der Waals surface area contributed by atoms with Crippen molar-refractivity contribution in [2.24, 2.45) is 0 Å². The van der Waals surface area contributed by atoms with Crippen molar-refractivity contribution < 1.29 is 14.3 Å². The standard InChI is InChI=1S/C23H29N3O3/c1-17-8-7-9-18(14-17)23(28)25-16-22(27)24-15-20(26-12-5-6-13-26)19-10-3-4-11-21(19)29-2/h3-4,7-11,14,20H,5-6,12-13,15-16H2,1-2H3,(H,24,27)(H,25,28). The third kappa shape index (κ3) is 5.57. The summed E-state index contributed by atoms with van der Waals surface area (Å²) in [6.07, 6.45) is 2.32. The number of aryl methyl sites for hydroxylation is 1. The van der Waals surface area contributed by atoms with Crippen LogP contribution >= 0.6 is 0 Å². The maximum atomic E-state index is 12.4. The second kappa shape index (κ2) is 10.1.